The topological polar surface area (TPSA) is 52.7 Å². The van der Waals surface area contributed by atoms with Crippen LogP contribution in [0.15, 0.2) is 71.6 Å². The molecule has 0 aromatic heterocycles. The molecule has 0 unspecified atom stereocenters. The third-order valence-electron chi connectivity index (χ3n) is 5.55. The smallest absolute Gasteiger partial charge is 0.241 e. The van der Waals surface area contributed by atoms with E-state index in [0.29, 0.717) is 11.4 Å². The van der Waals surface area contributed by atoms with E-state index in [4.69, 9.17) is 11.6 Å². The molecule has 30 heavy (non-hydrogen) atoms. The Bertz CT molecular complexity index is 1090. The van der Waals surface area contributed by atoms with Crippen LogP contribution in [-0.2, 0) is 10.0 Å². The molecule has 4 rings (SSSR count). The van der Waals surface area contributed by atoms with Crippen molar-refractivity contribution in [2.45, 2.75) is 11.3 Å². The minimum absolute atomic E-state index is 0.345. The van der Waals surface area contributed by atoms with Crippen molar-refractivity contribution in [3.63, 3.8) is 0 Å². The molecule has 158 valence electrons. The fourth-order valence-electron chi connectivity index (χ4n) is 3.90. The van der Waals surface area contributed by atoms with Crippen molar-refractivity contribution in [2.75, 3.05) is 44.2 Å². The maximum absolute atomic E-state index is 12.8. The van der Waals surface area contributed by atoms with E-state index in [2.05, 4.69) is 26.7 Å². The molecule has 1 saturated heterocycles. The van der Waals surface area contributed by atoms with E-state index >= 15 is 0 Å². The summed E-state index contributed by atoms with van der Waals surface area (Å²) < 4.78 is 28.3. The largest absolute Gasteiger partial charge is 0.369 e. The van der Waals surface area contributed by atoms with E-state index in [-0.39, 0.29) is 0 Å². The van der Waals surface area contributed by atoms with Crippen LogP contribution >= 0.6 is 11.6 Å². The molecule has 1 heterocycles. The van der Waals surface area contributed by atoms with Crippen molar-refractivity contribution < 1.29 is 8.42 Å². The summed E-state index contributed by atoms with van der Waals surface area (Å²) in [7, 11) is -3.53. The number of fused-ring (bicyclic) bond motifs is 1. The normalized spacial score (nSPS) is 15.6. The van der Waals surface area contributed by atoms with Crippen LogP contribution in [0.3, 0.4) is 0 Å². The molecule has 1 N–H and O–H groups in total. The molecule has 0 bridgehead atoms. The van der Waals surface area contributed by atoms with Crippen molar-refractivity contribution in [1.29, 1.82) is 0 Å². The predicted molar refractivity (Wildman–Crippen MR) is 124 cm³/mol. The zero-order chi connectivity index (χ0) is 21.0. The molecule has 0 aliphatic carbocycles. The van der Waals surface area contributed by atoms with Gasteiger partial charge in [-0.05, 0) is 48.7 Å². The number of anilines is 1. The minimum Gasteiger partial charge on any atom is -0.369 e. The number of piperazine rings is 1. The van der Waals surface area contributed by atoms with Crippen molar-refractivity contribution in [3.05, 3.63) is 71.8 Å². The molecular weight excluding hydrogens is 418 g/mol. The summed E-state index contributed by atoms with van der Waals surface area (Å²) >= 11 is 5.97. The lowest BCUT2D eigenvalue weighted by atomic mass is 10.1. The maximum atomic E-state index is 12.8. The molecule has 0 amide bonds. The maximum Gasteiger partial charge on any atom is 0.241 e. The molecule has 0 saturated carbocycles. The van der Waals surface area contributed by atoms with E-state index < -0.39 is 10.0 Å². The first-order valence-corrected chi connectivity index (χ1v) is 12.1. The average Bonchev–Trinajstić information content (AvgIpc) is 2.77. The number of nitrogens with zero attached hydrogens (tertiary/aromatic N) is 2. The summed E-state index contributed by atoms with van der Waals surface area (Å²) in [5, 5.41) is 2.44. The van der Waals surface area contributed by atoms with Crippen LogP contribution in [0.5, 0.6) is 0 Å². The van der Waals surface area contributed by atoms with Crippen LogP contribution in [-0.4, -0.2) is 52.6 Å². The molecule has 3 aromatic rings. The van der Waals surface area contributed by atoms with Crippen LogP contribution in [0, 0.1) is 0 Å². The van der Waals surface area contributed by atoms with Gasteiger partial charge < -0.3 is 4.90 Å². The Labute approximate surface area is 183 Å². The summed E-state index contributed by atoms with van der Waals surface area (Å²) in [5.41, 5.74) is 1.20. The molecule has 7 heteroatoms. The second kappa shape index (κ2) is 9.35. The summed E-state index contributed by atoms with van der Waals surface area (Å²) in [6, 6.07) is 20.9. The van der Waals surface area contributed by atoms with Gasteiger partial charge >= 0.3 is 0 Å². The highest BCUT2D eigenvalue weighted by Crippen LogP contribution is 2.23. The third-order valence-corrected chi connectivity index (χ3v) is 7.32. The Balaban J connectivity index is 1.26. The van der Waals surface area contributed by atoms with Gasteiger partial charge in [0, 0.05) is 48.8 Å². The van der Waals surface area contributed by atoms with E-state index in [9.17, 15) is 8.42 Å². The van der Waals surface area contributed by atoms with Crippen LogP contribution in [0.25, 0.3) is 10.8 Å². The lowest BCUT2D eigenvalue weighted by molar-refractivity contribution is 0.255. The quantitative estimate of drug-likeness (QED) is 0.561. The van der Waals surface area contributed by atoms with Gasteiger partial charge in [0.1, 0.15) is 0 Å². The van der Waals surface area contributed by atoms with Gasteiger partial charge in [-0.25, -0.2) is 13.1 Å². The van der Waals surface area contributed by atoms with Crippen LogP contribution in [0.2, 0.25) is 5.02 Å². The molecule has 0 atom stereocenters. The highest BCUT2D eigenvalue weighted by Gasteiger charge is 2.19. The molecular formula is C23H26ClN3O2S. The zero-order valence-electron chi connectivity index (χ0n) is 16.8. The average molecular weight is 444 g/mol. The highest BCUT2D eigenvalue weighted by molar-refractivity contribution is 7.89. The van der Waals surface area contributed by atoms with Gasteiger partial charge in [0.2, 0.25) is 10.0 Å². The van der Waals surface area contributed by atoms with Crippen LogP contribution in [0.4, 0.5) is 5.69 Å². The van der Waals surface area contributed by atoms with E-state index in [1.807, 2.05) is 42.5 Å². The number of nitrogens with one attached hydrogen (secondary N) is 1. The lowest BCUT2D eigenvalue weighted by Gasteiger charge is -2.36. The van der Waals surface area contributed by atoms with Crippen molar-refractivity contribution in [3.8, 4) is 0 Å². The summed E-state index contributed by atoms with van der Waals surface area (Å²) in [6.45, 7) is 5.18. The van der Waals surface area contributed by atoms with Gasteiger partial charge in [-0.1, -0.05) is 48.0 Å². The van der Waals surface area contributed by atoms with Gasteiger partial charge in [-0.3, -0.25) is 4.90 Å². The molecule has 3 aromatic carbocycles. The first kappa shape index (κ1) is 21.1. The second-order valence-corrected chi connectivity index (χ2v) is 9.71. The zero-order valence-corrected chi connectivity index (χ0v) is 18.4. The monoisotopic (exact) mass is 443 g/mol. The Morgan fingerprint density at radius 2 is 1.57 bits per heavy atom. The number of halogens is 1. The first-order valence-electron chi connectivity index (χ1n) is 10.2. The number of hydrogen-bond donors (Lipinski definition) is 1. The number of hydrogen-bond acceptors (Lipinski definition) is 4. The van der Waals surface area contributed by atoms with Crippen molar-refractivity contribution >= 4 is 38.1 Å². The van der Waals surface area contributed by atoms with Gasteiger partial charge in [-0.15, -0.1) is 0 Å². The van der Waals surface area contributed by atoms with E-state index in [1.165, 1.54) is 5.69 Å². The fourth-order valence-corrected chi connectivity index (χ4v) is 5.33. The van der Waals surface area contributed by atoms with Gasteiger partial charge in [0.05, 0.1) is 4.90 Å². The Morgan fingerprint density at radius 3 is 2.33 bits per heavy atom. The number of sulfonamides is 1. The minimum atomic E-state index is -3.53. The predicted octanol–water partition coefficient (Wildman–Crippen LogP) is 3.98. The van der Waals surface area contributed by atoms with Gasteiger partial charge in [0.15, 0.2) is 0 Å². The summed E-state index contributed by atoms with van der Waals surface area (Å²) in [4.78, 5) is 5.09. The Hall–Kier alpha value is -2.12. The summed E-state index contributed by atoms with van der Waals surface area (Å²) in [5.74, 6) is 0. The molecule has 0 spiro atoms. The SMILES string of the molecule is O=S(=O)(NCCCN1CCN(c2ccc(Cl)cc2)CC1)c1cccc2ccccc12. The Kier molecular flexibility index (Phi) is 6.58. The summed E-state index contributed by atoms with van der Waals surface area (Å²) in [6.07, 6.45) is 0.783. The molecule has 1 aliphatic heterocycles. The molecule has 1 fully saturated rings. The molecule has 5 nitrogen and oxygen atoms in total. The van der Waals surface area contributed by atoms with Gasteiger partial charge in [0.25, 0.3) is 0 Å². The second-order valence-electron chi connectivity index (χ2n) is 7.53. The molecule has 0 radical (unpaired) electrons. The van der Waals surface area contributed by atoms with Crippen molar-refractivity contribution in [1.82, 2.24) is 9.62 Å². The highest BCUT2D eigenvalue weighted by atomic mass is 35.5. The van der Waals surface area contributed by atoms with E-state index in [0.717, 1.165) is 54.9 Å². The number of benzene rings is 3. The van der Waals surface area contributed by atoms with Crippen LogP contribution < -0.4 is 9.62 Å². The standard InChI is InChI=1S/C23H26ClN3O2S/c24-20-9-11-21(12-10-20)27-17-15-26(16-18-27)14-4-13-25-30(28,29)23-8-3-6-19-5-1-2-7-22(19)23/h1-3,5-12,25H,4,13-18H2. The Morgan fingerprint density at radius 1 is 0.867 bits per heavy atom. The van der Waals surface area contributed by atoms with Crippen LogP contribution in [0.1, 0.15) is 6.42 Å². The lowest BCUT2D eigenvalue weighted by Crippen LogP contribution is -2.47. The van der Waals surface area contributed by atoms with E-state index in [1.54, 1.807) is 12.1 Å². The number of rotatable bonds is 7. The third kappa shape index (κ3) is 4.95. The molecule has 1 aliphatic rings. The fraction of sp³-hybridized carbons (Fsp3) is 0.304. The van der Waals surface area contributed by atoms with Gasteiger partial charge in [-0.2, -0.15) is 0 Å². The first-order chi connectivity index (χ1) is 14.5. The van der Waals surface area contributed by atoms with Crippen molar-refractivity contribution in [2.24, 2.45) is 0 Å².